The van der Waals surface area contributed by atoms with E-state index in [2.05, 4.69) is 40.3 Å². The van der Waals surface area contributed by atoms with Gasteiger partial charge in [0.15, 0.2) is 0 Å². The van der Waals surface area contributed by atoms with Crippen LogP contribution in [0.3, 0.4) is 0 Å². The van der Waals surface area contributed by atoms with E-state index in [0.717, 1.165) is 28.1 Å². The smallest absolute Gasteiger partial charge is 0.0418 e. The molecule has 33 heavy (non-hydrogen) atoms. The number of nitrogens with zero attached hydrogens (tertiary/aromatic N) is 2. The van der Waals surface area contributed by atoms with Crippen molar-refractivity contribution in [3.8, 4) is 33.6 Å². The topological polar surface area (TPSA) is 25.8 Å². The van der Waals surface area contributed by atoms with Crippen LogP contribution in [0.15, 0.2) is 109 Å². The van der Waals surface area contributed by atoms with Crippen LogP contribution in [0.2, 0.25) is 0 Å². The molecule has 0 saturated carbocycles. The standard InChI is InChI=1S/C17H12N.C12H9FN.Ir/c1-3-7-14(8-4-1)16-11-12-17(18-13-16)15-9-5-2-6-10-15;1-9-5-6-12(14-8-9)10-3-2-4-11(13)7-10;/h1-9,11-13H;2,4-8H,1H3;/q2*-1;. The molecule has 5 rings (SSSR count). The molecule has 2 nitrogen and oxygen atoms in total. The number of halogens is 1. The molecule has 0 N–H and O–H groups in total. The average Bonchev–Trinajstić information content (AvgIpc) is 2.86. The van der Waals surface area contributed by atoms with E-state index in [1.807, 2.05) is 73.8 Å². The van der Waals surface area contributed by atoms with Crippen molar-refractivity contribution < 1.29 is 24.5 Å². The molecule has 0 atom stereocenters. The summed E-state index contributed by atoms with van der Waals surface area (Å²) in [6.07, 6.45) is 3.67. The van der Waals surface area contributed by atoms with Gasteiger partial charge in [-0.25, -0.2) is 4.39 Å². The predicted octanol–water partition coefficient (Wildman–Crippen LogP) is 7.21. The van der Waals surface area contributed by atoms with Crippen molar-refractivity contribution in [3.63, 3.8) is 0 Å². The Morgan fingerprint density at radius 1 is 0.636 bits per heavy atom. The monoisotopic (exact) mass is 609 g/mol. The summed E-state index contributed by atoms with van der Waals surface area (Å²) in [5.74, 6) is -0.263. The van der Waals surface area contributed by atoms with Gasteiger partial charge in [-0.2, -0.15) is 0 Å². The van der Waals surface area contributed by atoms with Crippen LogP contribution in [0.25, 0.3) is 33.6 Å². The third-order valence-corrected chi connectivity index (χ3v) is 4.81. The molecule has 4 heteroatoms. The molecule has 2 aromatic heterocycles. The van der Waals surface area contributed by atoms with E-state index >= 15 is 0 Å². The van der Waals surface area contributed by atoms with Gasteiger partial charge in [-0.3, -0.25) is 0 Å². The first-order valence-corrected chi connectivity index (χ1v) is 10.3. The molecule has 0 aliphatic rings. The number of aryl methyl sites for hydroxylation is 1. The zero-order valence-corrected chi connectivity index (χ0v) is 20.4. The maximum absolute atomic E-state index is 12.9. The van der Waals surface area contributed by atoms with E-state index in [1.54, 1.807) is 12.3 Å². The molecule has 0 spiro atoms. The summed E-state index contributed by atoms with van der Waals surface area (Å²) >= 11 is 0. The van der Waals surface area contributed by atoms with Crippen LogP contribution in [0.1, 0.15) is 5.56 Å². The molecule has 165 valence electrons. The summed E-state index contributed by atoms with van der Waals surface area (Å²) in [6, 6.07) is 36.6. The Morgan fingerprint density at radius 3 is 1.97 bits per heavy atom. The first kappa shape index (κ1) is 24.2. The molecule has 0 bridgehead atoms. The van der Waals surface area contributed by atoms with E-state index in [4.69, 9.17) is 0 Å². The Hall–Kier alpha value is -3.46. The Bertz CT molecular complexity index is 1200. The second-order valence-corrected chi connectivity index (χ2v) is 7.22. The van der Waals surface area contributed by atoms with Gasteiger partial charge in [-0.15, -0.1) is 65.7 Å². The molecule has 0 unspecified atom stereocenters. The van der Waals surface area contributed by atoms with Gasteiger partial charge in [-0.1, -0.05) is 54.6 Å². The second-order valence-electron chi connectivity index (χ2n) is 7.22. The Balaban J connectivity index is 0.000000186. The normalized spacial score (nSPS) is 9.88. The van der Waals surface area contributed by atoms with Crippen molar-refractivity contribution in [2.45, 2.75) is 6.92 Å². The zero-order chi connectivity index (χ0) is 22.2. The number of hydrogen-bond acceptors (Lipinski definition) is 2. The summed E-state index contributed by atoms with van der Waals surface area (Å²) in [6.45, 7) is 1.96. The van der Waals surface area contributed by atoms with E-state index < -0.39 is 0 Å². The van der Waals surface area contributed by atoms with Crippen LogP contribution in [-0.2, 0) is 20.1 Å². The van der Waals surface area contributed by atoms with E-state index in [1.165, 1.54) is 17.7 Å². The Labute approximate surface area is 207 Å². The molecule has 2 heterocycles. The fourth-order valence-electron chi connectivity index (χ4n) is 3.12. The van der Waals surface area contributed by atoms with Crippen molar-refractivity contribution in [2.75, 3.05) is 0 Å². The number of benzene rings is 3. The number of aromatic nitrogens is 2. The largest absolute Gasteiger partial charge is 0.304 e. The van der Waals surface area contributed by atoms with Crippen molar-refractivity contribution in [1.29, 1.82) is 0 Å². The van der Waals surface area contributed by atoms with E-state index in [0.29, 0.717) is 5.56 Å². The number of hydrogen-bond donors (Lipinski definition) is 0. The quantitative estimate of drug-likeness (QED) is 0.202. The van der Waals surface area contributed by atoms with Crippen LogP contribution in [-0.4, -0.2) is 9.97 Å². The molecule has 0 fully saturated rings. The van der Waals surface area contributed by atoms with Crippen molar-refractivity contribution in [1.82, 2.24) is 9.97 Å². The van der Waals surface area contributed by atoms with Gasteiger partial charge in [0.25, 0.3) is 0 Å². The minimum absolute atomic E-state index is 0. The number of rotatable bonds is 3. The van der Waals surface area contributed by atoms with Gasteiger partial charge in [0, 0.05) is 38.3 Å². The molecule has 5 aromatic rings. The molecular weight excluding hydrogens is 588 g/mol. The molecule has 0 aliphatic heterocycles. The molecule has 0 saturated heterocycles. The molecule has 0 aliphatic carbocycles. The first-order chi connectivity index (χ1) is 15.7. The Morgan fingerprint density at radius 2 is 1.33 bits per heavy atom. The maximum atomic E-state index is 12.9. The van der Waals surface area contributed by atoms with Gasteiger partial charge in [0.1, 0.15) is 0 Å². The average molecular weight is 609 g/mol. The maximum Gasteiger partial charge on any atom is 0.0418 e. The Kier molecular flexibility index (Phi) is 8.77. The second kappa shape index (κ2) is 12.0. The summed E-state index contributed by atoms with van der Waals surface area (Å²) < 4.78 is 12.9. The van der Waals surface area contributed by atoms with Crippen molar-refractivity contribution in [2.24, 2.45) is 0 Å². The van der Waals surface area contributed by atoms with Gasteiger partial charge >= 0.3 is 0 Å². The van der Waals surface area contributed by atoms with Gasteiger partial charge < -0.3 is 9.97 Å². The van der Waals surface area contributed by atoms with Crippen LogP contribution in [0, 0.1) is 24.9 Å². The minimum Gasteiger partial charge on any atom is -0.304 e. The third-order valence-electron chi connectivity index (χ3n) is 4.81. The van der Waals surface area contributed by atoms with Crippen LogP contribution in [0.5, 0.6) is 0 Å². The van der Waals surface area contributed by atoms with Gasteiger partial charge in [-0.05, 0) is 35.0 Å². The summed E-state index contributed by atoms with van der Waals surface area (Å²) in [5.41, 5.74) is 6.82. The molecule has 1 radical (unpaired) electrons. The summed E-state index contributed by atoms with van der Waals surface area (Å²) in [5, 5.41) is 0. The number of pyridine rings is 2. The van der Waals surface area contributed by atoms with Crippen LogP contribution < -0.4 is 0 Å². The summed E-state index contributed by atoms with van der Waals surface area (Å²) in [7, 11) is 0. The van der Waals surface area contributed by atoms with Crippen molar-refractivity contribution >= 4 is 0 Å². The van der Waals surface area contributed by atoms with Gasteiger partial charge in [0.05, 0.1) is 0 Å². The third kappa shape index (κ3) is 6.76. The molecular formula is C29H21FIrN2-2. The SMILES string of the molecule is Cc1ccc(-c2[c-]ccc(F)c2)nc1.[Ir].[c-]1ccccc1-c1ccc(-c2ccccc2)cn1. The van der Waals surface area contributed by atoms with E-state index in [9.17, 15) is 4.39 Å². The minimum atomic E-state index is -0.263. The molecule has 3 aromatic carbocycles. The summed E-state index contributed by atoms with van der Waals surface area (Å²) in [4.78, 5) is 8.69. The zero-order valence-electron chi connectivity index (χ0n) is 18.0. The van der Waals surface area contributed by atoms with E-state index in [-0.39, 0.29) is 25.9 Å². The fraction of sp³-hybridized carbons (Fsp3) is 0.0345. The predicted molar refractivity (Wildman–Crippen MR) is 127 cm³/mol. The fourth-order valence-corrected chi connectivity index (χ4v) is 3.12. The van der Waals surface area contributed by atoms with Gasteiger partial charge in [0.2, 0.25) is 0 Å². The van der Waals surface area contributed by atoms with Crippen LogP contribution >= 0.6 is 0 Å². The molecule has 0 amide bonds. The first-order valence-electron chi connectivity index (χ1n) is 10.3. The van der Waals surface area contributed by atoms with Crippen LogP contribution in [0.4, 0.5) is 4.39 Å². The van der Waals surface area contributed by atoms with Crippen molar-refractivity contribution in [3.05, 3.63) is 133 Å².